The zero-order valence-corrected chi connectivity index (χ0v) is 26.8. The smallest absolute Gasteiger partial charge is 0.412 e. The molecule has 3 heterocycles. The molecule has 3 amide bonds. The van der Waals surface area contributed by atoms with E-state index in [9.17, 15) is 4.79 Å². The zero-order chi connectivity index (χ0) is 32.4. The van der Waals surface area contributed by atoms with Crippen molar-refractivity contribution in [3.05, 3.63) is 131 Å². The Labute approximate surface area is 269 Å². The Hall–Kier alpha value is -4.95. The van der Waals surface area contributed by atoms with E-state index in [1.165, 1.54) is 4.90 Å². The van der Waals surface area contributed by atoms with Gasteiger partial charge in [0.1, 0.15) is 5.60 Å². The van der Waals surface area contributed by atoms with Gasteiger partial charge in [-0.15, -0.1) is 0 Å². The molecule has 7 rings (SSSR count). The van der Waals surface area contributed by atoms with Crippen LogP contribution >= 0.6 is 0 Å². The molecule has 3 aliphatic heterocycles. The predicted molar refractivity (Wildman–Crippen MR) is 177 cm³/mol. The molecule has 0 saturated carbocycles. The lowest BCUT2D eigenvalue weighted by Gasteiger charge is -2.44. The summed E-state index contributed by atoms with van der Waals surface area (Å²) in [6, 6.07) is 34.8. The SMILES string of the molecule is CC1N(C)C2(C(=O)N(Cc3ccccc3)c3ccccc32)C2(C(=O)N(Cc3ccccc3)c3ccccc32)N1C(=O)OC(C)(C)C. The minimum atomic E-state index is -1.77. The van der Waals surface area contributed by atoms with Crippen LogP contribution in [0.5, 0.6) is 0 Å². The van der Waals surface area contributed by atoms with Gasteiger partial charge in [-0.05, 0) is 58.0 Å². The first-order chi connectivity index (χ1) is 22.0. The second-order valence-corrected chi connectivity index (χ2v) is 13.3. The molecule has 1 saturated heterocycles. The summed E-state index contributed by atoms with van der Waals surface area (Å²) in [5, 5.41) is 0. The first-order valence-corrected chi connectivity index (χ1v) is 15.7. The van der Waals surface area contributed by atoms with Crippen LogP contribution < -0.4 is 9.80 Å². The van der Waals surface area contributed by atoms with Gasteiger partial charge in [0.2, 0.25) is 0 Å². The molecule has 1 fully saturated rings. The minimum Gasteiger partial charge on any atom is -0.444 e. The molecule has 3 unspecified atom stereocenters. The average molecular weight is 615 g/mol. The maximum atomic E-state index is 15.6. The highest BCUT2D eigenvalue weighted by Crippen LogP contribution is 2.65. The summed E-state index contributed by atoms with van der Waals surface area (Å²) in [7, 11) is 1.84. The highest BCUT2D eigenvalue weighted by atomic mass is 16.6. The number of nitrogens with zero attached hydrogens (tertiary/aromatic N) is 4. The number of fused-ring (bicyclic) bond motifs is 5. The lowest BCUT2D eigenvalue weighted by molar-refractivity contribution is -0.142. The molecule has 0 N–H and O–H groups in total. The molecule has 3 aliphatic rings. The monoisotopic (exact) mass is 614 g/mol. The molecule has 4 aromatic rings. The number of hydrogen-bond acceptors (Lipinski definition) is 5. The van der Waals surface area contributed by atoms with Crippen LogP contribution in [0.2, 0.25) is 0 Å². The number of benzene rings is 4. The number of carbonyl (C=O) groups is 3. The Bertz CT molecular complexity index is 1840. The molecular formula is C38H38N4O4. The number of hydrogen-bond donors (Lipinski definition) is 0. The van der Waals surface area contributed by atoms with E-state index < -0.39 is 28.9 Å². The average Bonchev–Trinajstić information content (AvgIpc) is 3.52. The maximum Gasteiger partial charge on any atom is 0.412 e. The standard InChI is InChI=1S/C38H38N4O4/c1-26-39(5)37(29-20-12-14-22-31(29)40(33(37)43)24-27-16-8-6-9-17-27)38(42(26)35(45)46-36(2,3)4)30-21-13-15-23-32(30)41(34(38)44)25-28-18-10-7-11-19-28/h6-23,26H,24-25H2,1-5H3. The van der Waals surface area contributed by atoms with Crippen LogP contribution in [0.3, 0.4) is 0 Å². The summed E-state index contributed by atoms with van der Waals surface area (Å²) in [4.78, 5) is 52.6. The van der Waals surface area contributed by atoms with E-state index in [0.717, 1.165) is 11.1 Å². The van der Waals surface area contributed by atoms with Gasteiger partial charge in [-0.2, -0.15) is 0 Å². The van der Waals surface area contributed by atoms with Crippen molar-refractivity contribution in [3.63, 3.8) is 0 Å². The fourth-order valence-corrected chi connectivity index (χ4v) is 7.75. The van der Waals surface area contributed by atoms with Crippen molar-refractivity contribution in [2.24, 2.45) is 0 Å². The Morgan fingerprint density at radius 1 is 0.674 bits per heavy atom. The molecule has 8 nitrogen and oxygen atoms in total. The van der Waals surface area contributed by atoms with E-state index in [1.54, 1.807) is 9.80 Å². The number of amides is 3. The quantitative estimate of drug-likeness (QED) is 0.266. The summed E-state index contributed by atoms with van der Waals surface area (Å²) in [5.41, 5.74) is 0.353. The summed E-state index contributed by atoms with van der Waals surface area (Å²) < 4.78 is 6.06. The van der Waals surface area contributed by atoms with Gasteiger partial charge in [-0.1, -0.05) is 97.1 Å². The van der Waals surface area contributed by atoms with Gasteiger partial charge in [0.15, 0.2) is 11.1 Å². The Morgan fingerprint density at radius 3 is 1.57 bits per heavy atom. The molecule has 46 heavy (non-hydrogen) atoms. The second kappa shape index (κ2) is 10.6. The van der Waals surface area contributed by atoms with Crippen LogP contribution in [0.15, 0.2) is 109 Å². The Morgan fingerprint density at radius 2 is 1.09 bits per heavy atom. The molecule has 0 bridgehead atoms. The Kier molecular flexibility index (Phi) is 6.83. The Balaban J connectivity index is 1.52. The van der Waals surface area contributed by atoms with Crippen molar-refractivity contribution in [1.82, 2.24) is 9.80 Å². The highest BCUT2D eigenvalue weighted by molar-refractivity contribution is 6.19. The number of rotatable bonds is 4. The summed E-state index contributed by atoms with van der Waals surface area (Å²) in [6.45, 7) is 7.88. The van der Waals surface area contributed by atoms with E-state index in [4.69, 9.17) is 4.74 Å². The second-order valence-electron chi connectivity index (χ2n) is 13.3. The van der Waals surface area contributed by atoms with Crippen LogP contribution in [-0.4, -0.2) is 46.5 Å². The van der Waals surface area contributed by atoms with Gasteiger partial charge in [0.25, 0.3) is 11.8 Å². The van der Waals surface area contributed by atoms with E-state index in [1.807, 2.05) is 149 Å². The van der Waals surface area contributed by atoms with Crippen LogP contribution in [0.25, 0.3) is 0 Å². The van der Waals surface area contributed by atoms with Gasteiger partial charge < -0.3 is 14.5 Å². The van der Waals surface area contributed by atoms with Crippen molar-refractivity contribution >= 4 is 29.3 Å². The van der Waals surface area contributed by atoms with Crippen LogP contribution in [-0.2, 0) is 38.5 Å². The summed E-state index contributed by atoms with van der Waals surface area (Å²) in [6.07, 6.45) is -1.34. The summed E-state index contributed by atoms with van der Waals surface area (Å²) >= 11 is 0. The zero-order valence-electron chi connectivity index (χ0n) is 26.8. The lowest BCUT2D eigenvalue weighted by Crippen LogP contribution is -2.66. The third-order valence-corrected chi connectivity index (χ3v) is 9.58. The van der Waals surface area contributed by atoms with E-state index in [0.29, 0.717) is 29.0 Å². The highest BCUT2D eigenvalue weighted by Gasteiger charge is 2.81. The fraction of sp³-hybridized carbons (Fsp3) is 0.289. The van der Waals surface area contributed by atoms with E-state index >= 15 is 9.59 Å². The number of carbonyl (C=O) groups excluding carboxylic acids is 3. The number of anilines is 2. The van der Waals surface area contributed by atoms with Gasteiger partial charge in [-0.3, -0.25) is 19.4 Å². The predicted octanol–water partition coefficient (Wildman–Crippen LogP) is 6.40. The largest absolute Gasteiger partial charge is 0.444 e. The first kappa shape index (κ1) is 29.7. The molecular weight excluding hydrogens is 576 g/mol. The lowest BCUT2D eigenvalue weighted by atomic mass is 9.69. The fourth-order valence-electron chi connectivity index (χ4n) is 7.75. The molecule has 234 valence electrons. The van der Waals surface area contributed by atoms with E-state index in [-0.39, 0.29) is 18.4 Å². The molecule has 3 atom stereocenters. The molecule has 0 radical (unpaired) electrons. The topological polar surface area (TPSA) is 73.4 Å². The van der Waals surface area contributed by atoms with E-state index in [2.05, 4.69) is 0 Å². The minimum absolute atomic E-state index is 0.261. The van der Waals surface area contributed by atoms with Crippen LogP contribution in [0.4, 0.5) is 16.2 Å². The number of ether oxygens (including phenoxy) is 1. The van der Waals surface area contributed by atoms with Crippen LogP contribution in [0.1, 0.15) is 49.9 Å². The normalized spacial score (nSPS) is 23.8. The summed E-state index contributed by atoms with van der Waals surface area (Å²) in [5.74, 6) is -0.605. The van der Waals surface area contributed by atoms with Crippen molar-refractivity contribution in [1.29, 1.82) is 0 Å². The number of likely N-dealkylation sites (N-methyl/N-ethyl adjacent to an activating group) is 1. The van der Waals surface area contributed by atoms with Crippen molar-refractivity contribution < 1.29 is 19.1 Å². The van der Waals surface area contributed by atoms with Crippen molar-refractivity contribution in [2.45, 2.75) is 63.6 Å². The van der Waals surface area contributed by atoms with Crippen LogP contribution in [0, 0.1) is 0 Å². The molecule has 4 aromatic carbocycles. The molecule has 0 aromatic heterocycles. The van der Waals surface area contributed by atoms with Crippen molar-refractivity contribution in [2.75, 3.05) is 16.8 Å². The third kappa shape index (κ3) is 3.99. The van der Waals surface area contributed by atoms with Gasteiger partial charge in [0, 0.05) is 16.8 Å². The maximum absolute atomic E-state index is 15.6. The first-order valence-electron chi connectivity index (χ1n) is 15.7. The third-order valence-electron chi connectivity index (χ3n) is 9.58. The molecule has 2 spiro atoms. The van der Waals surface area contributed by atoms with Crippen molar-refractivity contribution in [3.8, 4) is 0 Å². The molecule has 8 heteroatoms. The van der Waals surface area contributed by atoms with Gasteiger partial charge in [-0.25, -0.2) is 4.79 Å². The van der Waals surface area contributed by atoms with Gasteiger partial charge >= 0.3 is 6.09 Å². The number of para-hydroxylation sites is 2. The molecule has 0 aliphatic carbocycles. The van der Waals surface area contributed by atoms with Gasteiger partial charge in [0.05, 0.1) is 24.9 Å².